The lowest BCUT2D eigenvalue weighted by Crippen LogP contribution is -2.51. The van der Waals surface area contributed by atoms with Crippen LogP contribution >= 0.6 is 0 Å². The molecule has 0 spiro atoms. The van der Waals surface area contributed by atoms with Gasteiger partial charge in [-0.2, -0.15) is 0 Å². The number of carbonyl (C=O) groups excluding carboxylic acids is 2. The smallest absolute Gasteiger partial charge is 0.244 e. The quantitative estimate of drug-likeness (QED) is 0.625. The van der Waals surface area contributed by atoms with Gasteiger partial charge < -0.3 is 10.2 Å². The van der Waals surface area contributed by atoms with Gasteiger partial charge in [-0.05, 0) is 51.8 Å². The normalized spacial score (nSPS) is 12.2. The molecule has 1 atom stereocenters. The van der Waals surface area contributed by atoms with Crippen molar-refractivity contribution in [2.45, 2.75) is 47.2 Å². The van der Waals surface area contributed by atoms with Crippen molar-refractivity contribution < 1.29 is 18.0 Å². The van der Waals surface area contributed by atoms with Gasteiger partial charge in [0.05, 0.1) is 11.9 Å². The Morgan fingerprint density at radius 1 is 1.00 bits per heavy atom. The number of nitrogens with zero attached hydrogens (tertiary/aromatic N) is 2. The van der Waals surface area contributed by atoms with Crippen LogP contribution in [0.25, 0.3) is 0 Å². The molecule has 0 aromatic heterocycles. The number of likely N-dealkylation sites (N-methyl/N-ethyl adjacent to an activating group) is 1. The van der Waals surface area contributed by atoms with Gasteiger partial charge >= 0.3 is 0 Å². The molecule has 0 saturated carbocycles. The van der Waals surface area contributed by atoms with Crippen molar-refractivity contribution in [2.24, 2.45) is 0 Å². The predicted octanol–water partition coefficient (Wildman–Crippen LogP) is 2.93. The van der Waals surface area contributed by atoms with E-state index >= 15 is 0 Å². The molecule has 174 valence electrons. The van der Waals surface area contributed by atoms with Gasteiger partial charge in [-0.3, -0.25) is 13.9 Å². The van der Waals surface area contributed by atoms with E-state index in [1.165, 1.54) is 4.90 Å². The van der Waals surface area contributed by atoms with E-state index in [-0.39, 0.29) is 12.5 Å². The SMILES string of the molecule is CCNC(=O)[C@@H](C)N(Cc1ccc(C)cc1)C(=O)CN(c1ccc(C)cc1C)S(C)(=O)=O. The van der Waals surface area contributed by atoms with E-state index in [9.17, 15) is 18.0 Å². The second-order valence-electron chi connectivity index (χ2n) is 8.14. The maximum absolute atomic E-state index is 13.4. The number of carbonyl (C=O) groups is 2. The Hall–Kier alpha value is -2.87. The number of nitrogens with one attached hydrogen (secondary N) is 1. The van der Waals surface area contributed by atoms with Gasteiger partial charge in [0, 0.05) is 13.1 Å². The molecule has 0 fully saturated rings. The molecule has 0 radical (unpaired) electrons. The Labute approximate surface area is 191 Å². The van der Waals surface area contributed by atoms with Crippen molar-refractivity contribution in [1.82, 2.24) is 10.2 Å². The van der Waals surface area contributed by atoms with E-state index < -0.39 is 28.5 Å². The first kappa shape index (κ1) is 25.4. The topological polar surface area (TPSA) is 86.8 Å². The molecule has 7 nitrogen and oxygen atoms in total. The number of amides is 2. The summed E-state index contributed by atoms with van der Waals surface area (Å²) >= 11 is 0. The second kappa shape index (κ2) is 10.6. The highest BCUT2D eigenvalue weighted by molar-refractivity contribution is 7.92. The number of aryl methyl sites for hydroxylation is 3. The highest BCUT2D eigenvalue weighted by atomic mass is 32.2. The first-order valence-electron chi connectivity index (χ1n) is 10.6. The lowest BCUT2D eigenvalue weighted by molar-refractivity contribution is -0.139. The van der Waals surface area contributed by atoms with Crippen molar-refractivity contribution >= 4 is 27.5 Å². The number of sulfonamides is 1. The minimum Gasteiger partial charge on any atom is -0.355 e. The fraction of sp³-hybridized carbons (Fsp3) is 0.417. The minimum atomic E-state index is -3.73. The van der Waals surface area contributed by atoms with Crippen LogP contribution in [0, 0.1) is 20.8 Å². The highest BCUT2D eigenvalue weighted by Crippen LogP contribution is 2.24. The Morgan fingerprint density at radius 3 is 2.12 bits per heavy atom. The summed E-state index contributed by atoms with van der Waals surface area (Å²) in [5.41, 5.74) is 4.15. The van der Waals surface area contributed by atoms with E-state index in [1.54, 1.807) is 13.0 Å². The molecule has 2 rings (SSSR count). The minimum absolute atomic E-state index is 0.196. The van der Waals surface area contributed by atoms with E-state index in [0.29, 0.717) is 12.2 Å². The number of hydrogen-bond acceptors (Lipinski definition) is 4. The summed E-state index contributed by atoms with van der Waals surface area (Å²) in [5.74, 6) is -0.736. The number of benzene rings is 2. The Bertz CT molecular complexity index is 1070. The monoisotopic (exact) mass is 459 g/mol. The van der Waals surface area contributed by atoms with Gasteiger partial charge in [-0.25, -0.2) is 8.42 Å². The van der Waals surface area contributed by atoms with Gasteiger partial charge in [-0.15, -0.1) is 0 Å². The van der Waals surface area contributed by atoms with Crippen LogP contribution in [-0.2, 0) is 26.2 Å². The standard InChI is InChI=1S/C24H33N3O4S/c1-7-25-24(29)20(5)26(15-21-11-8-17(2)9-12-21)23(28)16-27(32(6,30)31)22-13-10-18(3)14-19(22)4/h8-14,20H,7,15-16H2,1-6H3,(H,25,29)/t20-/m1/s1. The van der Waals surface area contributed by atoms with E-state index in [1.807, 2.05) is 64.1 Å². The van der Waals surface area contributed by atoms with Crippen LogP contribution in [0.4, 0.5) is 5.69 Å². The largest absolute Gasteiger partial charge is 0.355 e. The van der Waals surface area contributed by atoms with Gasteiger partial charge in [0.15, 0.2) is 0 Å². The zero-order chi connectivity index (χ0) is 24.1. The molecule has 8 heteroatoms. The van der Waals surface area contributed by atoms with Crippen molar-refractivity contribution in [3.63, 3.8) is 0 Å². The number of anilines is 1. The highest BCUT2D eigenvalue weighted by Gasteiger charge is 2.30. The summed E-state index contributed by atoms with van der Waals surface area (Å²) in [7, 11) is -3.73. The van der Waals surface area contributed by atoms with E-state index in [0.717, 1.165) is 32.8 Å². The van der Waals surface area contributed by atoms with Crippen LogP contribution < -0.4 is 9.62 Å². The molecule has 0 saturated heterocycles. The van der Waals surface area contributed by atoms with Crippen molar-refractivity contribution in [3.05, 3.63) is 64.7 Å². The van der Waals surface area contributed by atoms with Gasteiger partial charge in [0.1, 0.15) is 12.6 Å². The van der Waals surface area contributed by atoms with Crippen LogP contribution in [0.1, 0.15) is 36.1 Å². The van der Waals surface area contributed by atoms with Crippen LogP contribution in [0.3, 0.4) is 0 Å². The second-order valence-corrected chi connectivity index (χ2v) is 10.0. The molecule has 0 heterocycles. The summed E-state index contributed by atoms with van der Waals surface area (Å²) in [6.45, 7) is 9.41. The molecule has 2 aromatic carbocycles. The fourth-order valence-corrected chi connectivity index (χ4v) is 4.38. The average Bonchev–Trinajstić information content (AvgIpc) is 2.71. The Balaban J connectivity index is 2.40. The Kier molecular flexibility index (Phi) is 8.44. The summed E-state index contributed by atoms with van der Waals surface area (Å²) in [4.78, 5) is 27.4. The Morgan fingerprint density at radius 2 is 1.59 bits per heavy atom. The molecule has 0 bridgehead atoms. The third kappa shape index (κ3) is 6.56. The molecule has 0 unspecified atom stereocenters. The molecule has 2 amide bonds. The zero-order valence-corrected chi connectivity index (χ0v) is 20.5. The van der Waals surface area contributed by atoms with Gasteiger partial charge in [0.25, 0.3) is 0 Å². The number of hydrogen-bond donors (Lipinski definition) is 1. The molecule has 1 N–H and O–H groups in total. The third-order valence-corrected chi connectivity index (χ3v) is 6.42. The van der Waals surface area contributed by atoms with Crippen molar-refractivity contribution in [2.75, 3.05) is 23.7 Å². The summed E-state index contributed by atoms with van der Waals surface area (Å²) in [5, 5.41) is 2.74. The van der Waals surface area contributed by atoms with Crippen molar-refractivity contribution in [3.8, 4) is 0 Å². The molecule has 32 heavy (non-hydrogen) atoms. The van der Waals surface area contributed by atoms with Crippen LogP contribution in [0.2, 0.25) is 0 Å². The van der Waals surface area contributed by atoms with Crippen LogP contribution in [0.15, 0.2) is 42.5 Å². The molecule has 0 aliphatic carbocycles. The van der Waals surface area contributed by atoms with E-state index in [2.05, 4.69) is 5.32 Å². The lowest BCUT2D eigenvalue weighted by Gasteiger charge is -2.32. The maximum Gasteiger partial charge on any atom is 0.244 e. The maximum atomic E-state index is 13.4. The van der Waals surface area contributed by atoms with Gasteiger partial charge in [0.2, 0.25) is 21.8 Å². The summed E-state index contributed by atoms with van der Waals surface area (Å²) in [6.07, 6.45) is 1.08. The van der Waals surface area contributed by atoms with E-state index in [4.69, 9.17) is 0 Å². The number of rotatable bonds is 9. The average molecular weight is 460 g/mol. The first-order valence-corrected chi connectivity index (χ1v) is 12.5. The lowest BCUT2D eigenvalue weighted by atomic mass is 10.1. The molecular weight excluding hydrogens is 426 g/mol. The van der Waals surface area contributed by atoms with Gasteiger partial charge in [-0.1, -0.05) is 47.5 Å². The third-order valence-electron chi connectivity index (χ3n) is 5.29. The molecule has 2 aromatic rings. The molecular formula is C24H33N3O4S. The van der Waals surface area contributed by atoms with Crippen molar-refractivity contribution in [1.29, 1.82) is 0 Å². The predicted molar refractivity (Wildman–Crippen MR) is 128 cm³/mol. The zero-order valence-electron chi connectivity index (χ0n) is 19.7. The summed E-state index contributed by atoms with van der Waals surface area (Å²) < 4.78 is 26.3. The molecule has 0 aliphatic rings. The summed E-state index contributed by atoms with van der Waals surface area (Å²) in [6, 6.07) is 12.3. The van der Waals surface area contributed by atoms with Crippen LogP contribution in [-0.4, -0.2) is 50.5 Å². The van der Waals surface area contributed by atoms with Crippen LogP contribution in [0.5, 0.6) is 0 Å². The molecule has 0 aliphatic heterocycles. The fourth-order valence-electron chi connectivity index (χ4n) is 3.47. The first-order chi connectivity index (χ1) is 14.9.